The van der Waals surface area contributed by atoms with Gasteiger partial charge in [0.2, 0.25) is 11.8 Å². The third-order valence-corrected chi connectivity index (χ3v) is 3.51. The molecule has 0 radical (unpaired) electrons. The van der Waals surface area contributed by atoms with Crippen molar-refractivity contribution in [3.63, 3.8) is 0 Å². The zero-order valence-electron chi connectivity index (χ0n) is 11.1. The molecular formula is C14H18Cl2N2O2. The predicted molar refractivity (Wildman–Crippen MR) is 80.8 cm³/mol. The highest BCUT2D eigenvalue weighted by Gasteiger charge is 2.03. The molecule has 0 aliphatic rings. The molecule has 0 heterocycles. The molecule has 0 aliphatic carbocycles. The van der Waals surface area contributed by atoms with E-state index in [9.17, 15) is 9.59 Å². The molecule has 0 aliphatic heterocycles. The number of halogens is 2. The van der Waals surface area contributed by atoms with Crippen LogP contribution >= 0.6 is 23.2 Å². The lowest BCUT2D eigenvalue weighted by molar-refractivity contribution is -0.122. The van der Waals surface area contributed by atoms with Crippen LogP contribution in [0.2, 0.25) is 10.0 Å². The average molecular weight is 317 g/mol. The maximum atomic E-state index is 11.5. The monoisotopic (exact) mass is 316 g/mol. The molecule has 3 N–H and O–H groups in total. The first-order chi connectivity index (χ1) is 9.49. The van der Waals surface area contributed by atoms with Gasteiger partial charge in [0, 0.05) is 19.4 Å². The number of primary amides is 1. The van der Waals surface area contributed by atoms with E-state index in [1.165, 1.54) is 0 Å². The second-order valence-corrected chi connectivity index (χ2v) is 5.34. The van der Waals surface area contributed by atoms with Crippen molar-refractivity contribution >= 4 is 35.0 Å². The van der Waals surface area contributed by atoms with Crippen LogP contribution in [0.1, 0.15) is 31.2 Å². The van der Waals surface area contributed by atoms with E-state index >= 15 is 0 Å². The molecule has 0 saturated carbocycles. The molecule has 2 amide bonds. The minimum Gasteiger partial charge on any atom is -0.370 e. The second-order valence-electron chi connectivity index (χ2n) is 4.52. The van der Waals surface area contributed by atoms with Crippen molar-refractivity contribution in [1.82, 2.24) is 5.32 Å². The van der Waals surface area contributed by atoms with Gasteiger partial charge in [-0.2, -0.15) is 0 Å². The minimum atomic E-state index is -0.348. The van der Waals surface area contributed by atoms with Gasteiger partial charge in [-0.3, -0.25) is 9.59 Å². The van der Waals surface area contributed by atoms with Crippen molar-refractivity contribution in [3.05, 3.63) is 33.8 Å². The van der Waals surface area contributed by atoms with Crippen LogP contribution in [-0.2, 0) is 16.0 Å². The largest absolute Gasteiger partial charge is 0.370 e. The van der Waals surface area contributed by atoms with Gasteiger partial charge in [0.1, 0.15) is 0 Å². The molecule has 0 spiro atoms. The highest BCUT2D eigenvalue weighted by Crippen LogP contribution is 2.23. The Morgan fingerprint density at radius 2 is 1.85 bits per heavy atom. The Morgan fingerprint density at radius 1 is 1.10 bits per heavy atom. The van der Waals surface area contributed by atoms with E-state index in [1.807, 2.05) is 12.1 Å². The molecule has 4 nitrogen and oxygen atoms in total. The Labute approximate surface area is 128 Å². The first-order valence-corrected chi connectivity index (χ1v) is 7.23. The van der Waals surface area contributed by atoms with Crippen LogP contribution in [-0.4, -0.2) is 18.4 Å². The zero-order chi connectivity index (χ0) is 15.0. The summed E-state index contributed by atoms with van der Waals surface area (Å²) in [4.78, 5) is 22.0. The number of nitrogens with two attached hydrogens (primary N) is 1. The van der Waals surface area contributed by atoms with Crippen molar-refractivity contribution in [2.75, 3.05) is 6.54 Å². The van der Waals surface area contributed by atoms with E-state index < -0.39 is 0 Å². The molecule has 20 heavy (non-hydrogen) atoms. The summed E-state index contributed by atoms with van der Waals surface area (Å²) < 4.78 is 0. The molecule has 0 atom stereocenters. The quantitative estimate of drug-likeness (QED) is 0.724. The predicted octanol–water partition coefficient (Wildman–Crippen LogP) is 2.70. The maximum absolute atomic E-state index is 11.5. The topological polar surface area (TPSA) is 72.2 Å². The van der Waals surface area contributed by atoms with Crippen molar-refractivity contribution in [1.29, 1.82) is 0 Å². The number of amides is 2. The van der Waals surface area contributed by atoms with Gasteiger partial charge in [-0.05, 0) is 37.0 Å². The minimum absolute atomic E-state index is 0.0190. The summed E-state index contributed by atoms with van der Waals surface area (Å²) in [5, 5.41) is 3.81. The fraction of sp³-hybridized carbons (Fsp3) is 0.429. The number of rotatable bonds is 8. The summed E-state index contributed by atoms with van der Waals surface area (Å²) in [5.41, 5.74) is 6.06. The fourth-order valence-corrected chi connectivity index (χ4v) is 2.05. The smallest absolute Gasteiger partial charge is 0.220 e. The average Bonchev–Trinajstić information content (AvgIpc) is 2.39. The molecule has 1 aromatic rings. The lowest BCUT2D eigenvalue weighted by Crippen LogP contribution is -2.25. The number of aryl methyl sites for hydroxylation is 1. The van der Waals surface area contributed by atoms with Crippen LogP contribution in [0.25, 0.3) is 0 Å². The Morgan fingerprint density at radius 3 is 2.50 bits per heavy atom. The number of benzene rings is 1. The number of hydrogen-bond acceptors (Lipinski definition) is 2. The first kappa shape index (κ1) is 16.8. The van der Waals surface area contributed by atoms with Gasteiger partial charge in [-0.15, -0.1) is 0 Å². The van der Waals surface area contributed by atoms with Crippen LogP contribution in [0.5, 0.6) is 0 Å². The van der Waals surface area contributed by atoms with Gasteiger partial charge in [0.05, 0.1) is 10.0 Å². The van der Waals surface area contributed by atoms with Crippen LogP contribution in [0, 0.1) is 0 Å². The Kier molecular flexibility index (Phi) is 7.41. The highest BCUT2D eigenvalue weighted by molar-refractivity contribution is 6.42. The van der Waals surface area contributed by atoms with Gasteiger partial charge < -0.3 is 11.1 Å². The van der Waals surface area contributed by atoms with E-state index in [-0.39, 0.29) is 11.8 Å². The summed E-state index contributed by atoms with van der Waals surface area (Å²) in [6, 6.07) is 5.47. The summed E-state index contributed by atoms with van der Waals surface area (Å²) in [6.07, 6.45) is 2.82. The van der Waals surface area contributed by atoms with Gasteiger partial charge in [0.15, 0.2) is 0 Å². The van der Waals surface area contributed by atoms with E-state index in [0.717, 1.165) is 18.4 Å². The zero-order valence-corrected chi connectivity index (χ0v) is 12.6. The molecule has 0 unspecified atom stereocenters. The third kappa shape index (κ3) is 6.78. The molecule has 1 rings (SSSR count). The summed E-state index contributed by atoms with van der Waals surface area (Å²) in [6.45, 7) is 0.481. The number of carbonyl (C=O) groups is 2. The van der Waals surface area contributed by atoms with E-state index in [0.29, 0.717) is 35.9 Å². The van der Waals surface area contributed by atoms with Crippen molar-refractivity contribution in [2.24, 2.45) is 5.73 Å². The molecule has 110 valence electrons. The molecule has 0 saturated heterocycles. The lowest BCUT2D eigenvalue weighted by atomic mass is 10.1. The normalized spacial score (nSPS) is 10.3. The van der Waals surface area contributed by atoms with Crippen molar-refractivity contribution in [2.45, 2.75) is 32.1 Å². The van der Waals surface area contributed by atoms with Gasteiger partial charge in [0.25, 0.3) is 0 Å². The highest BCUT2D eigenvalue weighted by atomic mass is 35.5. The third-order valence-electron chi connectivity index (χ3n) is 2.78. The number of hydrogen-bond donors (Lipinski definition) is 2. The van der Waals surface area contributed by atoms with Gasteiger partial charge in [-0.25, -0.2) is 0 Å². The Balaban J connectivity index is 2.18. The van der Waals surface area contributed by atoms with Crippen molar-refractivity contribution < 1.29 is 9.59 Å². The lowest BCUT2D eigenvalue weighted by Gasteiger charge is -2.05. The van der Waals surface area contributed by atoms with Crippen LogP contribution < -0.4 is 11.1 Å². The van der Waals surface area contributed by atoms with Crippen LogP contribution in [0.4, 0.5) is 0 Å². The molecule has 1 aromatic carbocycles. The summed E-state index contributed by atoms with van der Waals surface area (Å²) in [5.74, 6) is -0.367. The van der Waals surface area contributed by atoms with E-state index in [4.69, 9.17) is 28.9 Å². The Bertz CT molecular complexity index is 478. The standard InChI is InChI=1S/C14H18Cl2N2O2/c15-11-7-6-10(9-12(11)16)3-1-5-14(20)18-8-2-4-13(17)19/h6-7,9H,1-5,8H2,(H2,17,19)(H,18,20). The van der Waals surface area contributed by atoms with Crippen molar-refractivity contribution in [3.8, 4) is 0 Å². The van der Waals surface area contributed by atoms with Gasteiger partial charge >= 0.3 is 0 Å². The van der Waals surface area contributed by atoms with Crippen LogP contribution in [0.3, 0.4) is 0 Å². The second kappa shape index (κ2) is 8.82. The molecule has 6 heteroatoms. The maximum Gasteiger partial charge on any atom is 0.220 e. The first-order valence-electron chi connectivity index (χ1n) is 6.48. The van der Waals surface area contributed by atoms with E-state index in [2.05, 4.69) is 5.32 Å². The number of carbonyl (C=O) groups excluding carboxylic acids is 2. The van der Waals surface area contributed by atoms with Crippen LogP contribution in [0.15, 0.2) is 18.2 Å². The van der Waals surface area contributed by atoms with E-state index in [1.54, 1.807) is 6.07 Å². The fourth-order valence-electron chi connectivity index (χ4n) is 1.73. The molecule has 0 bridgehead atoms. The van der Waals surface area contributed by atoms with Gasteiger partial charge in [-0.1, -0.05) is 29.3 Å². The number of nitrogens with one attached hydrogen (secondary N) is 1. The molecular weight excluding hydrogens is 299 g/mol. The summed E-state index contributed by atoms with van der Waals surface area (Å²) >= 11 is 11.7. The molecule has 0 aromatic heterocycles. The SMILES string of the molecule is NC(=O)CCCNC(=O)CCCc1ccc(Cl)c(Cl)c1. The summed E-state index contributed by atoms with van der Waals surface area (Å²) in [7, 11) is 0. The molecule has 0 fully saturated rings. The Hall–Kier alpha value is -1.26.